The lowest BCUT2D eigenvalue weighted by Crippen LogP contribution is -2.37. The van der Waals surface area contributed by atoms with Gasteiger partial charge in [0.15, 0.2) is 11.5 Å². The predicted molar refractivity (Wildman–Crippen MR) is 151 cm³/mol. The highest BCUT2D eigenvalue weighted by molar-refractivity contribution is 5.95. The van der Waals surface area contributed by atoms with Crippen LogP contribution >= 0.6 is 0 Å². The zero-order valence-electron chi connectivity index (χ0n) is 22.4. The van der Waals surface area contributed by atoms with E-state index in [9.17, 15) is 4.79 Å². The number of nitrogens with one attached hydrogen (secondary N) is 2. The first-order valence-corrected chi connectivity index (χ1v) is 12.9. The minimum atomic E-state index is -0.120. The Kier molecular flexibility index (Phi) is 7.98. The van der Waals surface area contributed by atoms with Gasteiger partial charge in [-0.05, 0) is 72.5 Å². The van der Waals surface area contributed by atoms with Gasteiger partial charge in [-0.15, -0.1) is 0 Å². The molecule has 200 valence electrons. The predicted octanol–water partition coefficient (Wildman–Crippen LogP) is 4.40. The average molecular weight is 525 g/mol. The van der Waals surface area contributed by atoms with Crippen molar-refractivity contribution in [1.82, 2.24) is 25.2 Å². The van der Waals surface area contributed by atoms with Crippen LogP contribution in [0.2, 0.25) is 0 Å². The third-order valence-corrected chi connectivity index (χ3v) is 6.84. The normalized spacial score (nSPS) is 12.9. The van der Waals surface area contributed by atoms with E-state index in [1.54, 1.807) is 26.6 Å². The number of hydrogen-bond donors (Lipinski definition) is 2. The second-order valence-corrected chi connectivity index (χ2v) is 9.39. The molecule has 1 aliphatic heterocycles. The van der Waals surface area contributed by atoms with E-state index in [2.05, 4.69) is 42.6 Å². The Morgan fingerprint density at radius 1 is 0.949 bits per heavy atom. The Bertz CT molecular complexity index is 1460. The van der Waals surface area contributed by atoms with Crippen LogP contribution in [-0.2, 0) is 13.0 Å². The standard InChI is InChI=1S/C30H32N6O3/c1-20-7-8-22(16-26(20)35-30-33-12-9-25(34-30)24-6-4-5-11-31-24)29(37)32-13-15-36-14-10-21-17-27(38-2)28(39-3)18-23(21)19-36/h4-9,11-12,16-18H,10,13-15,19H2,1-3H3,(H,32,37)(H,33,34,35). The first-order valence-electron chi connectivity index (χ1n) is 12.9. The molecule has 0 spiro atoms. The van der Waals surface area contributed by atoms with Crippen LogP contribution in [0, 0.1) is 6.92 Å². The van der Waals surface area contributed by atoms with E-state index in [1.807, 2.05) is 49.4 Å². The number of carbonyl (C=O) groups excluding carboxylic acids is 1. The Balaban J connectivity index is 1.19. The molecular weight excluding hydrogens is 492 g/mol. The van der Waals surface area contributed by atoms with Crippen LogP contribution in [0.3, 0.4) is 0 Å². The highest BCUT2D eigenvalue weighted by atomic mass is 16.5. The number of fused-ring (bicyclic) bond motifs is 1. The number of carbonyl (C=O) groups is 1. The molecule has 1 amide bonds. The fourth-order valence-electron chi connectivity index (χ4n) is 4.66. The first-order chi connectivity index (χ1) is 19.0. The summed E-state index contributed by atoms with van der Waals surface area (Å²) in [7, 11) is 3.31. The van der Waals surface area contributed by atoms with Gasteiger partial charge in [0.1, 0.15) is 0 Å². The van der Waals surface area contributed by atoms with Crippen LogP contribution in [-0.4, -0.2) is 59.6 Å². The lowest BCUT2D eigenvalue weighted by Gasteiger charge is -2.29. The summed E-state index contributed by atoms with van der Waals surface area (Å²) in [5.74, 6) is 1.82. The van der Waals surface area contributed by atoms with E-state index in [0.717, 1.165) is 60.2 Å². The Labute approximate surface area is 228 Å². The Morgan fingerprint density at radius 2 is 1.77 bits per heavy atom. The number of pyridine rings is 1. The third kappa shape index (κ3) is 6.15. The molecule has 0 fully saturated rings. The number of benzene rings is 2. The molecule has 39 heavy (non-hydrogen) atoms. The van der Waals surface area contributed by atoms with Crippen LogP contribution in [0.5, 0.6) is 11.5 Å². The van der Waals surface area contributed by atoms with Crippen molar-refractivity contribution in [1.29, 1.82) is 0 Å². The summed E-state index contributed by atoms with van der Waals surface area (Å²) in [6.45, 7) is 5.01. The summed E-state index contributed by atoms with van der Waals surface area (Å²) in [5, 5.41) is 6.31. The lowest BCUT2D eigenvalue weighted by atomic mass is 9.99. The summed E-state index contributed by atoms with van der Waals surface area (Å²) >= 11 is 0. The lowest BCUT2D eigenvalue weighted by molar-refractivity contribution is 0.0947. The number of rotatable bonds is 9. The molecule has 0 atom stereocenters. The molecule has 3 heterocycles. The molecule has 0 aliphatic carbocycles. The smallest absolute Gasteiger partial charge is 0.251 e. The van der Waals surface area contributed by atoms with E-state index >= 15 is 0 Å². The number of methoxy groups -OCH3 is 2. The fourth-order valence-corrected chi connectivity index (χ4v) is 4.66. The van der Waals surface area contributed by atoms with E-state index in [4.69, 9.17) is 9.47 Å². The molecule has 2 aromatic carbocycles. The van der Waals surface area contributed by atoms with Crippen molar-refractivity contribution in [3.05, 3.63) is 89.2 Å². The van der Waals surface area contributed by atoms with Gasteiger partial charge in [-0.25, -0.2) is 9.97 Å². The molecule has 0 bridgehead atoms. The van der Waals surface area contributed by atoms with Gasteiger partial charge in [0.05, 0.1) is 25.6 Å². The van der Waals surface area contributed by atoms with E-state index in [1.165, 1.54) is 11.1 Å². The average Bonchev–Trinajstić information content (AvgIpc) is 2.98. The summed E-state index contributed by atoms with van der Waals surface area (Å²) in [4.78, 5) is 28.6. The van der Waals surface area contributed by atoms with Crippen molar-refractivity contribution in [3.8, 4) is 22.9 Å². The molecular formula is C30H32N6O3. The van der Waals surface area contributed by atoms with Gasteiger partial charge in [-0.1, -0.05) is 12.1 Å². The number of aromatic nitrogens is 3. The topological polar surface area (TPSA) is 102 Å². The number of hydrogen-bond acceptors (Lipinski definition) is 8. The molecule has 4 aromatic rings. The van der Waals surface area contributed by atoms with E-state index in [-0.39, 0.29) is 5.91 Å². The van der Waals surface area contributed by atoms with Gasteiger partial charge in [-0.2, -0.15) is 0 Å². The van der Waals surface area contributed by atoms with Crippen LogP contribution < -0.4 is 20.1 Å². The van der Waals surface area contributed by atoms with Gasteiger partial charge in [0.25, 0.3) is 5.91 Å². The van der Waals surface area contributed by atoms with Crippen LogP contribution in [0.4, 0.5) is 11.6 Å². The maximum Gasteiger partial charge on any atom is 0.251 e. The van der Waals surface area contributed by atoms with Gasteiger partial charge in [-0.3, -0.25) is 14.7 Å². The second kappa shape index (κ2) is 11.9. The van der Waals surface area contributed by atoms with E-state index in [0.29, 0.717) is 18.1 Å². The minimum absolute atomic E-state index is 0.120. The highest BCUT2D eigenvalue weighted by Crippen LogP contribution is 2.33. The summed E-state index contributed by atoms with van der Waals surface area (Å²) in [6.07, 6.45) is 4.35. The Morgan fingerprint density at radius 3 is 2.54 bits per heavy atom. The van der Waals surface area contributed by atoms with Crippen molar-refractivity contribution in [2.24, 2.45) is 0 Å². The van der Waals surface area contributed by atoms with Crippen LogP contribution in [0.1, 0.15) is 27.0 Å². The molecule has 5 rings (SSSR count). The van der Waals surface area contributed by atoms with Crippen LogP contribution in [0.25, 0.3) is 11.4 Å². The molecule has 9 heteroatoms. The highest BCUT2D eigenvalue weighted by Gasteiger charge is 2.19. The zero-order chi connectivity index (χ0) is 27.2. The summed E-state index contributed by atoms with van der Waals surface area (Å²) < 4.78 is 10.9. The maximum atomic E-state index is 13.0. The van der Waals surface area contributed by atoms with Gasteiger partial charge in [0, 0.05) is 49.8 Å². The number of anilines is 2. The van der Waals surface area contributed by atoms with Crippen molar-refractivity contribution in [2.45, 2.75) is 19.9 Å². The fraction of sp³-hybridized carbons (Fsp3) is 0.267. The van der Waals surface area contributed by atoms with Gasteiger partial charge >= 0.3 is 0 Å². The van der Waals surface area contributed by atoms with Crippen molar-refractivity contribution < 1.29 is 14.3 Å². The summed E-state index contributed by atoms with van der Waals surface area (Å²) in [5.41, 5.74) is 6.33. The third-order valence-electron chi connectivity index (χ3n) is 6.84. The summed E-state index contributed by atoms with van der Waals surface area (Å²) in [6, 6.07) is 17.2. The number of ether oxygens (including phenoxy) is 2. The Hall–Kier alpha value is -4.50. The maximum absolute atomic E-state index is 13.0. The SMILES string of the molecule is COc1cc2c(cc1OC)CN(CCNC(=O)c1ccc(C)c(Nc3nccc(-c4ccccn4)n3)c1)CC2. The number of aryl methyl sites for hydroxylation is 1. The molecule has 1 aliphatic rings. The van der Waals surface area contributed by atoms with E-state index < -0.39 is 0 Å². The molecule has 0 saturated heterocycles. The van der Waals surface area contributed by atoms with Gasteiger partial charge in [0.2, 0.25) is 5.95 Å². The zero-order valence-corrected chi connectivity index (χ0v) is 22.4. The van der Waals surface area contributed by atoms with Crippen molar-refractivity contribution in [2.75, 3.05) is 39.2 Å². The van der Waals surface area contributed by atoms with Crippen molar-refractivity contribution >= 4 is 17.5 Å². The molecule has 0 radical (unpaired) electrons. The van der Waals surface area contributed by atoms with Crippen molar-refractivity contribution in [3.63, 3.8) is 0 Å². The molecule has 0 unspecified atom stereocenters. The molecule has 2 aromatic heterocycles. The molecule has 2 N–H and O–H groups in total. The quantitative estimate of drug-likeness (QED) is 0.332. The first kappa shape index (κ1) is 26.1. The second-order valence-electron chi connectivity index (χ2n) is 9.39. The molecule has 0 saturated carbocycles. The monoisotopic (exact) mass is 524 g/mol. The molecule has 9 nitrogen and oxygen atoms in total. The number of amides is 1. The van der Waals surface area contributed by atoms with Crippen LogP contribution in [0.15, 0.2) is 67.0 Å². The number of nitrogens with zero attached hydrogens (tertiary/aromatic N) is 4. The minimum Gasteiger partial charge on any atom is -0.493 e. The van der Waals surface area contributed by atoms with Gasteiger partial charge < -0.3 is 20.1 Å². The largest absolute Gasteiger partial charge is 0.493 e.